The maximum Gasteiger partial charge on any atom is 0.172 e. The van der Waals surface area contributed by atoms with Crippen LogP contribution in [-0.2, 0) is 9.84 Å². The summed E-state index contributed by atoms with van der Waals surface area (Å²) in [4.78, 5) is 0.970. The molecule has 0 aromatic heterocycles. The van der Waals surface area contributed by atoms with E-state index in [0.29, 0.717) is 16.2 Å². The molecule has 0 atom stereocenters. The van der Waals surface area contributed by atoms with E-state index in [1.54, 1.807) is 6.08 Å². The molecule has 0 N–H and O–H groups in total. The molecule has 4 heteroatoms. The minimum absolute atomic E-state index is 0.348. The van der Waals surface area contributed by atoms with Crippen molar-refractivity contribution in [2.75, 3.05) is 6.26 Å². The lowest BCUT2D eigenvalue weighted by molar-refractivity contribution is 0.607. The Morgan fingerprint density at radius 3 is 2.64 bits per heavy atom. The van der Waals surface area contributed by atoms with E-state index in [0.717, 1.165) is 0 Å². The highest BCUT2D eigenvalue weighted by Crippen LogP contribution is 2.14. The van der Waals surface area contributed by atoms with Crippen LogP contribution in [0.1, 0.15) is 6.42 Å². The topological polar surface area (TPSA) is 34.1 Å². The number of sulfone groups is 1. The molecule has 1 aliphatic carbocycles. The summed E-state index contributed by atoms with van der Waals surface area (Å²) in [6, 6.07) is 0. The fourth-order valence-electron chi connectivity index (χ4n) is 0.739. The van der Waals surface area contributed by atoms with Gasteiger partial charge in [0.15, 0.2) is 9.84 Å². The largest absolute Gasteiger partial charge is 0.224 e. The Labute approximate surface area is 71.5 Å². The van der Waals surface area contributed by atoms with E-state index in [9.17, 15) is 8.42 Å². The molecule has 0 aliphatic heterocycles. The van der Waals surface area contributed by atoms with Crippen LogP contribution in [0.25, 0.3) is 0 Å². The van der Waals surface area contributed by atoms with Gasteiger partial charge < -0.3 is 0 Å². The molecular weight excluding hydrogens is 180 g/mol. The normalized spacial score (nSPS) is 18.3. The summed E-state index contributed by atoms with van der Waals surface area (Å²) in [7, 11) is -3.07. The molecule has 11 heavy (non-hydrogen) atoms. The Morgan fingerprint density at radius 2 is 2.27 bits per heavy atom. The van der Waals surface area contributed by atoms with Gasteiger partial charge in [-0.25, -0.2) is 8.42 Å². The van der Waals surface area contributed by atoms with Gasteiger partial charge in [0.05, 0.1) is 0 Å². The molecule has 0 aromatic rings. The summed E-state index contributed by atoms with van der Waals surface area (Å²) >= 11 is 4.83. The smallest absolute Gasteiger partial charge is 0.172 e. The van der Waals surface area contributed by atoms with Crippen LogP contribution in [0.4, 0.5) is 0 Å². The number of rotatable bonds is 1. The summed E-state index contributed by atoms with van der Waals surface area (Å²) in [5, 5.41) is 0. The average Bonchev–Trinajstić information content (AvgIpc) is 1.86. The summed E-state index contributed by atoms with van der Waals surface area (Å²) in [6.07, 6.45) is 7.29. The number of hydrogen-bond donors (Lipinski definition) is 0. The Balaban J connectivity index is 3.01. The van der Waals surface area contributed by atoms with Gasteiger partial charge in [-0.1, -0.05) is 12.2 Å². The van der Waals surface area contributed by atoms with Gasteiger partial charge in [0.2, 0.25) is 0 Å². The molecule has 0 bridgehead atoms. The lowest BCUT2D eigenvalue weighted by Crippen LogP contribution is -2.07. The zero-order valence-corrected chi connectivity index (χ0v) is 7.63. The summed E-state index contributed by atoms with van der Waals surface area (Å²) in [5.41, 5.74) is 0. The minimum atomic E-state index is -3.07. The number of thiocarbonyl (C=S) groups is 1. The third-order valence-electron chi connectivity index (χ3n) is 1.31. The van der Waals surface area contributed by atoms with E-state index in [2.05, 4.69) is 6.08 Å². The maximum absolute atomic E-state index is 11.0. The zero-order valence-electron chi connectivity index (χ0n) is 5.99. The number of hydrogen-bond acceptors (Lipinski definition) is 3. The first kappa shape index (κ1) is 8.62. The van der Waals surface area contributed by atoms with Gasteiger partial charge in [-0.2, -0.15) is 0 Å². The highest BCUT2D eigenvalue weighted by molar-refractivity contribution is 7.94. The van der Waals surface area contributed by atoms with E-state index >= 15 is 0 Å². The van der Waals surface area contributed by atoms with Crippen molar-refractivity contribution in [1.82, 2.24) is 0 Å². The molecule has 2 nitrogen and oxygen atoms in total. The molecule has 59 valence electrons. The summed E-state index contributed by atoms with van der Waals surface area (Å²) < 4.78 is 21.9. The predicted molar refractivity (Wildman–Crippen MR) is 48.0 cm³/mol. The SMILES string of the molecule is CS(=O)(=O)C1=C[C]=CC(=S)C1. The van der Waals surface area contributed by atoms with Crippen LogP contribution in [0.3, 0.4) is 0 Å². The number of allylic oxidation sites excluding steroid dienone is 4. The lowest BCUT2D eigenvalue weighted by atomic mass is 10.2. The summed E-state index contributed by atoms with van der Waals surface area (Å²) in [5.74, 6) is 0. The first-order chi connectivity index (χ1) is 5.00. The zero-order chi connectivity index (χ0) is 8.48. The van der Waals surface area contributed by atoms with E-state index in [-0.39, 0.29) is 0 Å². The van der Waals surface area contributed by atoms with Crippen molar-refractivity contribution in [3.05, 3.63) is 23.1 Å². The third kappa shape index (κ3) is 2.24. The monoisotopic (exact) mass is 187 g/mol. The second-order valence-electron chi connectivity index (χ2n) is 2.34. The fourth-order valence-corrected chi connectivity index (χ4v) is 1.75. The molecule has 1 aliphatic rings. The Kier molecular flexibility index (Phi) is 2.25. The first-order valence-electron chi connectivity index (χ1n) is 3.01. The highest BCUT2D eigenvalue weighted by Gasteiger charge is 2.13. The van der Waals surface area contributed by atoms with Crippen molar-refractivity contribution in [3.63, 3.8) is 0 Å². The van der Waals surface area contributed by atoms with Crippen molar-refractivity contribution in [1.29, 1.82) is 0 Å². The summed E-state index contributed by atoms with van der Waals surface area (Å²) in [6.45, 7) is 0. The maximum atomic E-state index is 11.0. The molecule has 0 saturated heterocycles. The molecule has 0 aromatic carbocycles. The Morgan fingerprint density at radius 1 is 1.64 bits per heavy atom. The van der Waals surface area contributed by atoms with Crippen LogP contribution >= 0.6 is 12.2 Å². The van der Waals surface area contributed by atoms with Gasteiger partial charge in [0.25, 0.3) is 0 Å². The van der Waals surface area contributed by atoms with Gasteiger partial charge in [0, 0.05) is 22.4 Å². The van der Waals surface area contributed by atoms with Crippen LogP contribution < -0.4 is 0 Å². The van der Waals surface area contributed by atoms with E-state index in [1.807, 2.05) is 0 Å². The van der Waals surface area contributed by atoms with Gasteiger partial charge in [0.1, 0.15) is 0 Å². The molecule has 0 spiro atoms. The van der Waals surface area contributed by atoms with Crippen LogP contribution in [0.2, 0.25) is 0 Å². The molecular formula is C7H7O2S2. The van der Waals surface area contributed by atoms with Crippen molar-refractivity contribution in [2.24, 2.45) is 0 Å². The van der Waals surface area contributed by atoms with Crippen molar-refractivity contribution in [2.45, 2.75) is 6.42 Å². The quantitative estimate of drug-likeness (QED) is 0.575. The van der Waals surface area contributed by atoms with Crippen LogP contribution in [-0.4, -0.2) is 19.5 Å². The van der Waals surface area contributed by atoms with Crippen molar-refractivity contribution >= 4 is 26.9 Å². The molecule has 1 rings (SSSR count). The second kappa shape index (κ2) is 2.87. The van der Waals surface area contributed by atoms with E-state index in [4.69, 9.17) is 12.2 Å². The van der Waals surface area contributed by atoms with Crippen LogP contribution in [0, 0.1) is 6.08 Å². The molecule has 0 saturated carbocycles. The second-order valence-corrected chi connectivity index (χ2v) is 4.93. The standard InChI is InChI=1S/C7H7O2S2/c1-11(8,9)7-4-2-3-6(10)5-7/h3-4H,5H2,1H3. The molecule has 0 amide bonds. The fraction of sp³-hybridized carbons (Fsp3) is 0.286. The predicted octanol–water partition coefficient (Wildman–Crippen LogP) is 1.05. The van der Waals surface area contributed by atoms with Gasteiger partial charge in [-0.15, -0.1) is 0 Å². The van der Waals surface area contributed by atoms with Gasteiger partial charge in [-0.05, 0) is 18.2 Å². The minimum Gasteiger partial charge on any atom is -0.224 e. The van der Waals surface area contributed by atoms with Gasteiger partial charge in [-0.3, -0.25) is 0 Å². The van der Waals surface area contributed by atoms with Crippen LogP contribution in [0.15, 0.2) is 17.1 Å². The van der Waals surface area contributed by atoms with Crippen molar-refractivity contribution in [3.8, 4) is 0 Å². The van der Waals surface area contributed by atoms with E-state index < -0.39 is 9.84 Å². The first-order valence-corrected chi connectivity index (χ1v) is 5.31. The molecule has 0 heterocycles. The third-order valence-corrected chi connectivity index (χ3v) is 2.79. The Hall–Kier alpha value is -0.480. The Bertz CT molecular complexity index is 333. The molecule has 0 unspecified atom stereocenters. The van der Waals surface area contributed by atoms with Crippen molar-refractivity contribution < 1.29 is 8.42 Å². The van der Waals surface area contributed by atoms with Gasteiger partial charge >= 0.3 is 0 Å². The van der Waals surface area contributed by atoms with Crippen LogP contribution in [0.5, 0.6) is 0 Å². The van der Waals surface area contributed by atoms with E-state index in [1.165, 1.54) is 12.3 Å². The molecule has 1 radical (unpaired) electrons. The molecule has 0 fully saturated rings. The highest BCUT2D eigenvalue weighted by atomic mass is 32.2. The lowest BCUT2D eigenvalue weighted by Gasteiger charge is -2.05. The average molecular weight is 187 g/mol.